The highest BCUT2D eigenvalue weighted by atomic mass is 32.2. The Balaban J connectivity index is 1.78. The number of sulfone groups is 1. The van der Waals surface area contributed by atoms with Crippen molar-refractivity contribution in [3.63, 3.8) is 0 Å². The van der Waals surface area contributed by atoms with Crippen molar-refractivity contribution >= 4 is 9.84 Å². The van der Waals surface area contributed by atoms with Crippen molar-refractivity contribution in [2.24, 2.45) is 0 Å². The molecule has 1 aliphatic rings. The van der Waals surface area contributed by atoms with E-state index in [1.807, 2.05) is 24.3 Å². The van der Waals surface area contributed by atoms with E-state index in [1.54, 1.807) is 0 Å². The van der Waals surface area contributed by atoms with E-state index in [9.17, 15) is 8.42 Å². The Morgan fingerprint density at radius 3 is 2.58 bits per heavy atom. The van der Waals surface area contributed by atoms with E-state index < -0.39 is 9.84 Å². The number of rotatable bonds is 6. The molecule has 3 rings (SSSR count). The summed E-state index contributed by atoms with van der Waals surface area (Å²) in [6, 6.07) is 12.1. The molecule has 1 aromatic heterocycles. The second-order valence-electron chi connectivity index (χ2n) is 6.82. The SMILES string of the molecule is CC(C)c1cc(CN(Cc2ccccc2)[C@@H]2CCS(=O)(=O)C2)on1. The quantitative estimate of drug-likeness (QED) is 0.803. The van der Waals surface area contributed by atoms with Gasteiger partial charge >= 0.3 is 0 Å². The highest BCUT2D eigenvalue weighted by Gasteiger charge is 2.32. The summed E-state index contributed by atoms with van der Waals surface area (Å²) < 4.78 is 29.2. The van der Waals surface area contributed by atoms with Crippen LogP contribution in [0.25, 0.3) is 0 Å². The first kappa shape index (κ1) is 17.2. The molecule has 0 spiro atoms. The molecule has 6 heteroatoms. The highest BCUT2D eigenvalue weighted by Crippen LogP contribution is 2.23. The lowest BCUT2D eigenvalue weighted by atomic mass is 10.1. The van der Waals surface area contributed by atoms with Gasteiger partial charge in [0.05, 0.1) is 23.7 Å². The molecule has 0 aliphatic carbocycles. The van der Waals surface area contributed by atoms with Crippen molar-refractivity contribution in [2.75, 3.05) is 11.5 Å². The molecule has 1 saturated heterocycles. The van der Waals surface area contributed by atoms with Crippen LogP contribution in [0.2, 0.25) is 0 Å². The first-order chi connectivity index (χ1) is 11.4. The van der Waals surface area contributed by atoms with Gasteiger partial charge in [-0.25, -0.2) is 8.42 Å². The van der Waals surface area contributed by atoms with Crippen molar-refractivity contribution in [1.29, 1.82) is 0 Å². The van der Waals surface area contributed by atoms with Crippen LogP contribution < -0.4 is 0 Å². The van der Waals surface area contributed by atoms with Gasteiger partial charge in [-0.2, -0.15) is 0 Å². The molecule has 1 fully saturated rings. The van der Waals surface area contributed by atoms with Crippen molar-refractivity contribution < 1.29 is 12.9 Å². The fraction of sp³-hybridized carbons (Fsp3) is 0.500. The van der Waals surface area contributed by atoms with Gasteiger partial charge in [-0.3, -0.25) is 4.90 Å². The number of hydrogen-bond acceptors (Lipinski definition) is 5. The summed E-state index contributed by atoms with van der Waals surface area (Å²) in [5.74, 6) is 1.61. The molecular formula is C18H24N2O3S. The van der Waals surface area contributed by atoms with Crippen LogP contribution in [0, 0.1) is 0 Å². The molecule has 0 saturated carbocycles. The van der Waals surface area contributed by atoms with Crippen LogP contribution in [0.15, 0.2) is 40.9 Å². The van der Waals surface area contributed by atoms with Crippen LogP contribution in [-0.2, 0) is 22.9 Å². The monoisotopic (exact) mass is 348 g/mol. The van der Waals surface area contributed by atoms with Gasteiger partial charge < -0.3 is 4.52 Å². The molecule has 130 valence electrons. The zero-order valence-corrected chi connectivity index (χ0v) is 15.0. The Labute approximate surface area is 143 Å². The molecule has 1 atom stereocenters. The summed E-state index contributed by atoms with van der Waals surface area (Å²) in [6.07, 6.45) is 0.681. The fourth-order valence-corrected chi connectivity index (χ4v) is 4.83. The van der Waals surface area contributed by atoms with E-state index in [0.29, 0.717) is 25.4 Å². The third-order valence-corrected chi connectivity index (χ3v) is 6.23. The van der Waals surface area contributed by atoms with Crippen molar-refractivity contribution in [1.82, 2.24) is 10.1 Å². The van der Waals surface area contributed by atoms with Crippen LogP contribution in [0.5, 0.6) is 0 Å². The maximum absolute atomic E-state index is 11.9. The molecule has 0 amide bonds. The molecule has 0 bridgehead atoms. The second kappa shape index (κ2) is 7.07. The zero-order valence-electron chi connectivity index (χ0n) is 14.2. The number of hydrogen-bond donors (Lipinski definition) is 0. The molecule has 0 N–H and O–H groups in total. The average Bonchev–Trinajstić information content (AvgIpc) is 3.14. The maximum atomic E-state index is 11.9. The summed E-state index contributed by atoms with van der Waals surface area (Å²) in [6.45, 7) is 5.44. The summed E-state index contributed by atoms with van der Waals surface area (Å²) in [5, 5.41) is 4.11. The standard InChI is InChI=1S/C18H24N2O3S/c1-14(2)18-10-17(23-19-18)12-20(11-15-6-4-3-5-7-15)16-8-9-24(21,22)13-16/h3-7,10,14,16H,8-9,11-13H2,1-2H3/t16-/m1/s1. The lowest BCUT2D eigenvalue weighted by molar-refractivity contribution is 0.172. The fourth-order valence-electron chi connectivity index (χ4n) is 3.07. The van der Waals surface area contributed by atoms with Crippen molar-refractivity contribution in [2.45, 2.75) is 45.3 Å². The Bertz CT molecular complexity index is 769. The predicted molar refractivity (Wildman–Crippen MR) is 93.3 cm³/mol. The third-order valence-electron chi connectivity index (χ3n) is 4.48. The summed E-state index contributed by atoms with van der Waals surface area (Å²) in [4.78, 5) is 2.20. The van der Waals surface area contributed by atoms with E-state index in [0.717, 1.165) is 11.5 Å². The van der Waals surface area contributed by atoms with Crippen LogP contribution in [0.4, 0.5) is 0 Å². The van der Waals surface area contributed by atoms with E-state index in [4.69, 9.17) is 4.52 Å². The smallest absolute Gasteiger partial charge is 0.151 e. The van der Waals surface area contributed by atoms with Gasteiger partial charge in [0.25, 0.3) is 0 Å². The van der Waals surface area contributed by atoms with Gasteiger partial charge in [0.2, 0.25) is 0 Å². The van der Waals surface area contributed by atoms with Gasteiger partial charge in [0.15, 0.2) is 15.6 Å². The largest absolute Gasteiger partial charge is 0.360 e. The minimum absolute atomic E-state index is 0.0304. The molecule has 1 aromatic carbocycles. The normalized spacial score (nSPS) is 20.1. The molecule has 0 unspecified atom stereocenters. The zero-order chi connectivity index (χ0) is 17.2. The van der Waals surface area contributed by atoms with Gasteiger partial charge in [-0.1, -0.05) is 49.3 Å². The van der Waals surface area contributed by atoms with Crippen LogP contribution in [-0.4, -0.2) is 36.0 Å². The van der Waals surface area contributed by atoms with Gasteiger partial charge in [0, 0.05) is 18.7 Å². The topological polar surface area (TPSA) is 63.4 Å². The average molecular weight is 348 g/mol. The van der Waals surface area contributed by atoms with Gasteiger partial charge in [-0.15, -0.1) is 0 Å². The lowest BCUT2D eigenvalue weighted by Gasteiger charge is -2.27. The Morgan fingerprint density at radius 2 is 2.00 bits per heavy atom. The molecule has 5 nitrogen and oxygen atoms in total. The van der Waals surface area contributed by atoms with Crippen LogP contribution in [0.1, 0.15) is 43.2 Å². The van der Waals surface area contributed by atoms with E-state index in [-0.39, 0.29) is 17.5 Å². The summed E-state index contributed by atoms with van der Waals surface area (Å²) in [7, 11) is -2.92. The van der Waals surface area contributed by atoms with Gasteiger partial charge in [-0.05, 0) is 17.9 Å². The molecule has 2 heterocycles. The molecule has 1 aliphatic heterocycles. The first-order valence-corrected chi connectivity index (χ1v) is 10.2. The summed E-state index contributed by atoms with van der Waals surface area (Å²) in [5.41, 5.74) is 2.11. The van der Waals surface area contributed by atoms with Crippen LogP contribution >= 0.6 is 0 Å². The minimum atomic E-state index is -2.92. The lowest BCUT2D eigenvalue weighted by Crippen LogP contribution is -2.35. The van der Waals surface area contributed by atoms with E-state index in [2.05, 4.69) is 36.0 Å². The molecule has 24 heavy (non-hydrogen) atoms. The molecule has 2 aromatic rings. The molecule has 0 radical (unpaired) electrons. The molecular weight excluding hydrogens is 324 g/mol. The Hall–Kier alpha value is -1.66. The van der Waals surface area contributed by atoms with E-state index in [1.165, 1.54) is 5.56 Å². The maximum Gasteiger partial charge on any atom is 0.151 e. The number of benzene rings is 1. The number of nitrogens with zero attached hydrogens (tertiary/aromatic N) is 2. The minimum Gasteiger partial charge on any atom is -0.360 e. The third kappa shape index (κ3) is 4.24. The van der Waals surface area contributed by atoms with Crippen molar-refractivity contribution in [3.05, 3.63) is 53.4 Å². The summed E-state index contributed by atoms with van der Waals surface area (Å²) >= 11 is 0. The van der Waals surface area contributed by atoms with Crippen molar-refractivity contribution in [3.8, 4) is 0 Å². The first-order valence-electron chi connectivity index (χ1n) is 8.37. The second-order valence-corrected chi connectivity index (χ2v) is 9.05. The predicted octanol–water partition coefficient (Wildman–Crippen LogP) is 2.99. The number of aromatic nitrogens is 1. The Morgan fingerprint density at radius 1 is 1.25 bits per heavy atom. The van der Waals surface area contributed by atoms with E-state index >= 15 is 0 Å². The highest BCUT2D eigenvalue weighted by molar-refractivity contribution is 7.91. The Kier molecular flexibility index (Phi) is 5.06. The van der Waals surface area contributed by atoms with Crippen LogP contribution in [0.3, 0.4) is 0 Å². The van der Waals surface area contributed by atoms with Gasteiger partial charge in [0.1, 0.15) is 0 Å².